The fourth-order valence-electron chi connectivity index (χ4n) is 3.89. The van der Waals surface area contributed by atoms with Crippen molar-refractivity contribution in [2.75, 3.05) is 0 Å². The van der Waals surface area contributed by atoms with Gasteiger partial charge in [0, 0.05) is 44.9 Å². The number of carbonyl (C=O) groups excluding carboxylic acids is 4. The van der Waals surface area contributed by atoms with Crippen molar-refractivity contribution in [1.82, 2.24) is 29.9 Å². The van der Waals surface area contributed by atoms with Gasteiger partial charge in [0.1, 0.15) is 45.6 Å². The molecule has 0 spiro atoms. The molecule has 0 aliphatic heterocycles. The third kappa shape index (κ3) is 8.66. The Morgan fingerprint density at radius 1 is 0.326 bits per heavy atom. The Morgan fingerprint density at radius 3 is 0.739 bits per heavy atom. The van der Waals surface area contributed by atoms with Crippen LogP contribution in [0.25, 0.3) is 0 Å². The van der Waals surface area contributed by atoms with Crippen molar-refractivity contribution in [3.05, 3.63) is 180 Å². The minimum atomic E-state index is -0.323. The van der Waals surface area contributed by atoms with E-state index in [2.05, 4.69) is 29.9 Å². The Kier molecular flexibility index (Phi) is 12.8. The maximum atomic E-state index is 12.3. The van der Waals surface area contributed by atoms with Gasteiger partial charge in [-0.25, -0.2) is 9.97 Å². The normalized spacial score (nSPS) is 9.74. The number of pyridine rings is 6. The average molecular weight is 787 g/mol. The zero-order chi connectivity index (χ0) is 30.7. The van der Waals surface area contributed by atoms with E-state index >= 15 is 0 Å². The van der Waals surface area contributed by atoms with Gasteiger partial charge in [0.25, 0.3) is 0 Å². The molecular weight excluding hydrogens is 761 g/mol. The van der Waals surface area contributed by atoms with Gasteiger partial charge >= 0.3 is 0 Å². The van der Waals surface area contributed by atoms with Crippen molar-refractivity contribution in [3.63, 3.8) is 0 Å². The van der Waals surface area contributed by atoms with Gasteiger partial charge in [-0.3, -0.25) is 39.1 Å². The zero-order valence-corrected chi connectivity index (χ0v) is 25.7. The second kappa shape index (κ2) is 16.9. The molecule has 0 aliphatic rings. The summed E-state index contributed by atoms with van der Waals surface area (Å²) in [5.74, 6) is -1.29. The molecule has 0 saturated carbocycles. The molecule has 229 valence electrons. The standard InChI is InChI=1S/2C17H11N3O2.CH4.Ir/c2*21-16(12-6-1-3-10-18-12)14-8-5-9-15(20-14)17(22)13-7-2-4-11-19-13;;/h2*1-11H;1H4;. The second-order valence-corrected chi connectivity index (χ2v) is 8.99. The Labute approximate surface area is 278 Å². The summed E-state index contributed by atoms with van der Waals surface area (Å²) in [4.78, 5) is 73.5. The van der Waals surface area contributed by atoms with Crippen LogP contribution in [0.5, 0.6) is 0 Å². The van der Waals surface area contributed by atoms with Gasteiger partial charge in [0.15, 0.2) is 0 Å². The van der Waals surface area contributed by atoms with Crippen LogP contribution in [0, 0.1) is 0 Å². The van der Waals surface area contributed by atoms with E-state index in [1.165, 1.54) is 24.8 Å². The summed E-state index contributed by atoms with van der Waals surface area (Å²) in [7, 11) is 0. The van der Waals surface area contributed by atoms with E-state index in [1.807, 2.05) is 0 Å². The van der Waals surface area contributed by atoms with Crippen molar-refractivity contribution < 1.29 is 39.3 Å². The predicted molar refractivity (Wildman–Crippen MR) is 166 cm³/mol. The molecular formula is C35H26IrN6O4. The molecule has 6 heterocycles. The molecule has 6 rings (SSSR count). The van der Waals surface area contributed by atoms with E-state index in [1.54, 1.807) is 109 Å². The maximum absolute atomic E-state index is 12.3. The number of ketones is 4. The van der Waals surface area contributed by atoms with E-state index in [-0.39, 0.29) is 96.2 Å². The van der Waals surface area contributed by atoms with E-state index in [0.717, 1.165) is 0 Å². The third-order valence-electron chi connectivity index (χ3n) is 6.02. The molecule has 6 aromatic rings. The largest absolute Gasteiger partial charge is 0.285 e. The number of nitrogens with zero attached hydrogens (tertiary/aromatic N) is 6. The first kappa shape index (κ1) is 34.7. The summed E-state index contributed by atoms with van der Waals surface area (Å²) in [5.41, 5.74) is 1.88. The molecule has 0 fully saturated rings. The molecule has 0 aliphatic carbocycles. The van der Waals surface area contributed by atoms with Crippen LogP contribution in [-0.2, 0) is 20.1 Å². The SMILES string of the molecule is C.O=C(c1ccccn1)c1cccc(C(=O)c2ccccn2)n1.O=C(c1ccccn1)c1cccc(C(=O)c2ccccn2)n1.[Ir]. The Morgan fingerprint density at radius 2 is 0.543 bits per heavy atom. The van der Waals surface area contributed by atoms with Gasteiger partial charge in [-0.05, 0) is 72.8 Å². The van der Waals surface area contributed by atoms with Crippen LogP contribution in [0.1, 0.15) is 72.2 Å². The minimum absolute atomic E-state index is 0. The van der Waals surface area contributed by atoms with Gasteiger partial charge in [-0.2, -0.15) is 0 Å². The Hall–Kier alpha value is -5.77. The van der Waals surface area contributed by atoms with Crippen LogP contribution in [0.2, 0.25) is 0 Å². The molecule has 0 saturated heterocycles. The first-order valence-electron chi connectivity index (χ1n) is 13.3. The number of hydrogen-bond acceptors (Lipinski definition) is 10. The zero-order valence-electron chi connectivity index (χ0n) is 23.4. The predicted octanol–water partition coefficient (Wildman–Crippen LogP) is 5.30. The molecule has 6 aromatic heterocycles. The van der Waals surface area contributed by atoms with Gasteiger partial charge in [-0.1, -0.05) is 43.8 Å². The van der Waals surface area contributed by atoms with Gasteiger partial charge in [0.2, 0.25) is 23.1 Å². The molecule has 1 radical (unpaired) electrons. The van der Waals surface area contributed by atoms with Gasteiger partial charge < -0.3 is 0 Å². The third-order valence-corrected chi connectivity index (χ3v) is 6.02. The molecule has 0 amide bonds. The topological polar surface area (TPSA) is 146 Å². The smallest absolute Gasteiger partial charge is 0.229 e. The van der Waals surface area contributed by atoms with E-state index in [0.29, 0.717) is 0 Å². The van der Waals surface area contributed by atoms with Crippen molar-refractivity contribution in [3.8, 4) is 0 Å². The Bertz CT molecular complexity index is 1650. The van der Waals surface area contributed by atoms with E-state index in [9.17, 15) is 19.2 Å². The summed E-state index contributed by atoms with van der Waals surface area (Å²) < 4.78 is 0. The molecule has 0 aromatic carbocycles. The summed E-state index contributed by atoms with van der Waals surface area (Å²) in [6, 6.07) is 29.7. The summed E-state index contributed by atoms with van der Waals surface area (Å²) in [6.07, 6.45) is 6.15. The monoisotopic (exact) mass is 787 g/mol. The van der Waals surface area contributed by atoms with Gasteiger partial charge in [-0.15, -0.1) is 0 Å². The first-order chi connectivity index (χ1) is 21.5. The number of aromatic nitrogens is 6. The van der Waals surface area contributed by atoms with Crippen LogP contribution < -0.4 is 0 Å². The quantitative estimate of drug-likeness (QED) is 0.187. The van der Waals surface area contributed by atoms with Crippen molar-refractivity contribution >= 4 is 23.1 Å². The van der Waals surface area contributed by atoms with Crippen molar-refractivity contribution in [2.45, 2.75) is 7.43 Å². The summed E-state index contributed by atoms with van der Waals surface area (Å²) >= 11 is 0. The van der Waals surface area contributed by atoms with E-state index in [4.69, 9.17) is 0 Å². The first-order valence-corrected chi connectivity index (χ1v) is 13.3. The van der Waals surface area contributed by atoms with Crippen molar-refractivity contribution in [2.24, 2.45) is 0 Å². The molecule has 0 N–H and O–H groups in total. The number of rotatable bonds is 8. The number of hydrogen-bond donors (Lipinski definition) is 0. The molecule has 11 heteroatoms. The molecule has 0 bridgehead atoms. The van der Waals surface area contributed by atoms with Crippen LogP contribution >= 0.6 is 0 Å². The molecule has 0 unspecified atom stereocenters. The second-order valence-electron chi connectivity index (χ2n) is 8.99. The van der Waals surface area contributed by atoms with E-state index < -0.39 is 0 Å². The fraction of sp³-hybridized carbons (Fsp3) is 0.0286. The molecule has 46 heavy (non-hydrogen) atoms. The van der Waals surface area contributed by atoms with Crippen LogP contribution in [0.3, 0.4) is 0 Å². The average Bonchev–Trinajstić information content (AvgIpc) is 3.12. The molecule has 0 atom stereocenters. The molecule has 10 nitrogen and oxygen atoms in total. The Balaban J connectivity index is 0.000000240. The number of carbonyl (C=O) groups is 4. The summed E-state index contributed by atoms with van der Waals surface area (Å²) in [5, 5.41) is 0. The van der Waals surface area contributed by atoms with Crippen LogP contribution in [0.15, 0.2) is 134 Å². The summed E-state index contributed by atoms with van der Waals surface area (Å²) in [6.45, 7) is 0. The maximum Gasteiger partial charge on any atom is 0.229 e. The van der Waals surface area contributed by atoms with Gasteiger partial charge in [0.05, 0.1) is 0 Å². The van der Waals surface area contributed by atoms with Crippen molar-refractivity contribution in [1.29, 1.82) is 0 Å². The van der Waals surface area contributed by atoms with Crippen LogP contribution in [0.4, 0.5) is 0 Å². The fourth-order valence-corrected chi connectivity index (χ4v) is 3.89. The van der Waals surface area contributed by atoms with Crippen LogP contribution in [-0.4, -0.2) is 53.0 Å². The minimum Gasteiger partial charge on any atom is -0.285 e.